The first-order valence-electron chi connectivity index (χ1n) is 9.50. The highest BCUT2D eigenvalue weighted by Crippen LogP contribution is 2.26. The van der Waals surface area contributed by atoms with E-state index in [4.69, 9.17) is 0 Å². The minimum Gasteiger partial charge on any atom is -0.388 e. The number of aliphatic hydroxyl groups is 1. The highest BCUT2D eigenvalue weighted by Gasteiger charge is 2.27. The average Bonchev–Trinajstić information content (AvgIpc) is 2.63. The maximum atomic E-state index is 11.0. The molecule has 0 amide bonds. The standard InChI is InChI=1S/C20H32N2O/c23-20(18-10-4-1-5-11-18)19(16-21-12-6-2-7-13-21)17-22-14-8-3-9-15-22/h1,4-5,10-11,19-20,23H,2-3,6-9,12-17H2/t20-/m0/s1. The molecule has 0 saturated carbocycles. The van der Waals surface area contributed by atoms with Crippen molar-refractivity contribution in [2.75, 3.05) is 39.3 Å². The fraction of sp³-hybridized carbons (Fsp3) is 0.700. The molecule has 2 heterocycles. The van der Waals surface area contributed by atoms with E-state index in [0.29, 0.717) is 5.92 Å². The van der Waals surface area contributed by atoms with Crippen LogP contribution in [0.2, 0.25) is 0 Å². The Morgan fingerprint density at radius 1 is 0.739 bits per heavy atom. The number of aliphatic hydroxyl groups excluding tert-OH is 1. The predicted octanol–water partition coefficient (Wildman–Crippen LogP) is 3.31. The molecule has 1 atom stereocenters. The molecule has 2 aliphatic heterocycles. The fourth-order valence-corrected chi connectivity index (χ4v) is 4.13. The van der Waals surface area contributed by atoms with Gasteiger partial charge in [0.05, 0.1) is 6.10 Å². The Balaban J connectivity index is 1.66. The van der Waals surface area contributed by atoms with Crippen molar-refractivity contribution in [1.82, 2.24) is 9.80 Å². The zero-order chi connectivity index (χ0) is 15.9. The molecule has 0 aliphatic carbocycles. The number of rotatable bonds is 6. The summed E-state index contributed by atoms with van der Waals surface area (Å²) in [6.07, 6.45) is 7.66. The summed E-state index contributed by atoms with van der Waals surface area (Å²) in [6.45, 7) is 6.89. The van der Waals surface area contributed by atoms with Crippen molar-refractivity contribution in [3.05, 3.63) is 35.9 Å². The van der Waals surface area contributed by atoms with Gasteiger partial charge < -0.3 is 14.9 Å². The maximum absolute atomic E-state index is 11.0. The zero-order valence-corrected chi connectivity index (χ0v) is 14.4. The van der Waals surface area contributed by atoms with Crippen LogP contribution in [0.25, 0.3) is 0 Å². The van der Waals surface area contributed by atoms with Crippen LogP contribution in [-0.4, -0.2) is 54.2 Å². The van der Waals surface area contributed by atoms with Crippen molar-refractivity contribution in [3.63, 3.8) is 0 Å². The van der Waals surface area contributed by atoms with Gasteiger partial charge in [0.25, 0.3) is 0 Å². The largest absolute Gasteiger partial charge is 0.388 e. The predicted molar refractivity (Wildman–Crippen MR) is 95.5 cm³/mol. The topological polar surface area (TPSA) is 26.7 Å². The maximum Gasteiger partial charge on any atom is 0.0842 e. The number of piperidine rings is 2. The van der Waals surface area contributed by atoms with Gasteiger partial charge in [-0.1, -0.05) is 43.2 Å². The van der Waals surface area contributed by atoms with E-state index in [2.05, 4.69) is 21.9 Å². The summed E-state index contributed by atoms with van der Waals surface area (Å²) in [5.41, 5.74) is 1.08. The van der Waals surface area contributed by atoms with Gasteiger partial charge in [0.2, 0.25) is 0 Å². The second-order valence-electron chi connectivity index (χ2n) is 7.34. The lowest BCUT2D eigenvalue weighted by Gasteiger charge is -2.36. The third kappa shape index (κ3) is 5.03. The number of hydrogen-bond donors (Lipinski definition) is 1. The summed E-state index contributed by atoms with van der Waals surface area (Å²) in [5, 5.41) is 11.0. The van der Waals surface area contributed by atoms with Gasteiger partial charge in [-0.3, -0.25) is 0 Å². The molecular weight excluding hydrogens is 284 g/mol. The van der Waals surface area contributed by atoms with Gasteiger partial charge in [0, 0.05) is 19.0 Å². The van der Waals surface area contributed by atoms with Crippen LogP contribution >= 0.6 is 0 Å². The van der Waals surface area contributed by atoms with Crippen molar-refractivity contribution < 1.29 is 5.11 Å². The van der Waals surface area contributed by atoms with Crippen molar-refractivity contribution in [2.45, 2.75) is 44.6 Å². The smallest absolute Gasteiger partial charge is 0.0842 e. The second kappa shape index (κ2) is 8.81. The fourth-order valence-electron chi connectivity index (χ4n) is 4.13. The molecule has 3 rings (SSSR count). The summed E-state index contributed by atoms with van der Waals surface area (Å²) in [7, 11) is 0. The Hall–Kier alpha value is -0.900. The van der Waals surface area contributed by atoms with Crippen molar-refractivity contribution >= 4 is 0 Å². The van der Waals surface area contributed by atoms with Crippen molar-refractivity contribution in [3.8, 4) is 0 Å². The molecule has 23 heavy (non-hydrogen) atoms. The van der Waals surface area contributed by atoms with Gasteiger partial charge in [-0.05, 0) is 57.4 Å². The highest BCUT2D eigenvalue weighted by atomic mass is 16.3. The molecular formula is C20H32N2O. The number of likely N-dealkylation sites (tertiary alicyclic amines) is 2. The first-order chi connectivity index (χ1) is 11.3. The van der Waals surface area contributed by atoms with Crippen LogP contribution in [0.5, 0.6) is 0 Å². The molecule has 1 N–H and O–H groups in total. The highest BCUT2D eigenvalue weighted by molar-refractivity contribution is 5.18. The van der Waals surface area contributed by atoms with Crippen LogP contribution in [0.1, 0.15) is 50.2 Å². The molecule has 1 aromatic carbocycles. The monoisotopic (exact) mass is 316 g/mol. The minimum atomic E-state index is -0.347. The van der Waals surface area contributed by atoms with E-state index in [1.165, 1.54) is 64.7 Å². The van der Waals surface area contributed by atoms with E-state index >= 15 is 0 Å². The Bertz CT molecular complexity index is 418. The van der Waals surface area contributed by atoms with Crippen molar-refractivity contribution in [1.29, 1.82) is 0 Å². The molecule has 1 aromatic rings. The molecule has 2 fully saturated rings. The van der Waals surface area contributed by atoms with Crippen LogP contribution in [0.15, 0.2) is 30.3 Å². The Labute approximate surface area is 141 Å². The van der Waals surface area contributed by atoms with Crippen molar-refractivity contribution in [2.24, 2.45) is 5.92 Å². The van der Waals surface area contributed by atoms with Gasteiger partial charge in [-0.15, -0.1) is 0 Å². The van der Waals surface area contributed by atoms with E-state index in [9.17, 15) is 5.11 Å². The molecule has 3 heteroatoms. The van der Waals surface area contributed by atoms with E-state index < -0.39 is 0 Å². The number of nitrogens with zero attached hydrogens (tertiary/aromatic N) is 2. The number of benzene rings is 1. The Kier molecular flexibility index (Phi) is 6.49. The summed E-state index contributed by atoms with van der Waals surface area (Å²) in [5.74, 6) is 0.314. The zero-order valence-electron chi connectivity index (χ0n) is 14.4. The van der Waals surface area contributed by atoms with E-state index in [1.54, 1.807) is 0 Å². The van der Waals surface area contributed by atoms with Gasteiger partial charge in [-0.2, -0.15) is 0 Å². The van der Waals surface area contributed by atoms with E-state index in [1.807, 2.05) is 18.2 Å². The lowest BCUT2D eigenvalue weighted by molar-refractivity contribution is 0.0445. The SMILES string of the molecule is O[C@@H](c1ccccc1)C(CN1CCCCC1)CN1CCCCC1. The normalized spacial score (nSPS) is 22.3. The van der Waals surface area contributed by atoms with Crippen LogP contribution in [0.3, 0.4) is 0 Å². The lowest BCUT2D eigenvalue weighted by atomic mass is 9.93. The van der Waals surface area contributed by atoms with Gasteiger partial charge in [-0.25, -0.2) is 0 Å². The van der Waals surface area contributed by atoms with Gasteiger partial charge in [0.15, 0.2) is 0 Å². The molecule has 128 valence electrons. The molecule has 0 spiro atoms. The third-order valence-corrected chi connectivity index (χ3v) is 5.47. The first-order valence-corrected chi connectivity index (χ1v) is 9.50. The van der Waals surface area contributed by atoms with Gasteiger partial charge >= 0.3 is 0 Å². The molecule has 0 unspecified atom stereocenters. The Morgan fingerprint density at radius 2 is 1.22 bits per heavy atom. The van der Waals surface area contributed by atoms with E-state index in [0.717, 1.165) is 18.7 Å². The minimum absolute atomic E-state index is 0.314. The summed E-state index contributed by atoms with van der Waals surface area (Å²) < 4.78 is 0. The molecule has 0 radical (unpaired) electrons. The van der Waals surface area contributed by atoms with Crippen LogP contribution in [0.4, 0.5) is 0 Å². The molecule has 2 saturated heterocycles. The molecule has 0 bridgehead atoms. The third-order valence-electron chi connectivity index (χ3n) is 5.47. The van der Waals surface area contributed by atoms with Gasteiger partial charge in [0.1, 0.15) is 0 Å². The van der Waals surface area contributed by atoms with Crippen LogP contribution in [0, 0.1) is 5.92 Å². The van der Waals surface area contributed by atoms with E-state index in [-0.39, 0.29) is 6.10 Å². The molecule has 3 nitrogen and oxygen atoms in total. The first kappa shape index (κ1) is 16.9. The summed E-state index contributed by atoms with van der Waals surface area (Å²) >= 11 is 0. The summed E-state index contributed by atoms with van der Waals surface area (Å²) in [6, 6.07) is 10.3. The average molecular weight is 316 g/mol. The number of hydrogen-bond acceptors (Lipinski definition) is 3. The lowest BCUT2D eigenvalue weighted by Crippen LogP contribution is -2.42. The van der Waals surface area contributed by atoms with Crippen LogP contribution < -0.4 is 0 Å². The molecule has 0 aromatic heterocycles. The second-order valence-corrected chi connectivity index (χ2v) is 7.34. The Morgan fingerprint density at radius 3 is 1.70 bits per heavy atom. The summed E-state index contributed by atoms with van der Waals surface area (Å²) in [4.78, 5) is 5.15. The quantitative estimate of drug-likeness (QED) is 0.872. The molecule has 2 aliphatic rings. The van der Waals surface area contributed by atoms with Crippen LogP contribution in [-0.2, 0) is 0 Å².